The van der Waals surface area contributed by atoms with E-state index in [1.54, 1.807) is 13.8 Å². The number of esters is 3. The van der Waals surface area contributed by atoms with Gasteiger partial charge in [-0.2, -0.15) is 0 Å². The number of methoxy groups -OCH3 is 1. The molecule has 0 fully saturated rings. The second-order valence-corrected chi connectivity index (χ2v) is 17.6. The van der Waals surface area contributed by atoms with E-state index in [1.807, 2.05) is 0 Å². The Labute approximate surface area is 340 Å². The Morgan fingerprint density at radius 2 is 1.02 bits per heavy atom. The summed E-state index contributed by atoms with van der Waals surface area (Å²) in [5.41, 5.74) is 6.29. The molecule has 10 nitrogen and oxygen atoms in total. The maximum atomic E-state index is 12.9. The number of rotatable bonds is 39. The smallest absolute Gasteiger partial charge is 0.330 e. The van der Waals surface area contributed by atoms with Crippen molar-refractivity contribution in [1.29, 1.82) is 0 Å². The molecule has 0 aliphatic heterocycles. The summed E-state index contributed by atoms with van der Waals surface area (Å²) < 4.78 is 15.2. The Morgan fingerprint density at radius 1 is 0.636 bits per heavy atom. The van der Waals surface area contributed by atoms with Gasteiger partial charge in [0.15, 0.2) is 6.04 Å². The lowest BCUT2D eigenvalue weighted by molar-refractivity contribution is -0.157. The molecule has 0 aromatic rings. The third-order valence-electron chi connectivity index (χ3n) is 10.4. The van der Waals surface area contributed by atoms with Gasteiger partial charge in [-0.15, -0.1) is 11.8 Å². The number of ether oxygens (including phenoxy) is 3. The number of hydrogen-bond acceptors (Lipinski definition) is 10. The molecular formula is C44H84N2O8S. The van der Waals surface area contributed by atoms with Crippen LogP contribution in [0.1, 0.15) is 207 Å². The van der Waals surface area contributed by atoms with Crippen molar-refractivity contribution in [3.8, 4) is 0 Å². The molecule has 0 aliphatic carbocycles. The Hall–Kier alpha value is -1.85. The molecule has 0 aromatic heterocycles. The van der Waals surface area contributed by atoms with Crippen LogP contribution in [0.4, 0.5) is 0 Å². The molecule has 0 radical (unpaired) electrons. The molecular weight excluding hydrogens is 717 g/mol. The number of nitrogens with two attached hydrogens (primary N) is 1. The molecule has 0 aliphatic rings. The molecule has 0 aromatic carbocycles. The van der Waals surface area contributed by atoms with Crippen LogP contribution >= 0.6 is 11.8 Å². The summed E-state index contributed by atoms with van der Waals surface area (Å²) in [5.74, 6) is -1.78. The molecule has 0 saturated heterocycles. The van der Waals surface area contributed by atoms with Gasteiger partial charge in [0.25, 0.3) is 0 Å². The predicted octanol–water partition coefficient (Wildman–Crippen LogP) is 9.89. The van der Waals surface area contributed by atoms with Gasteiger partial charge < -0.3 is 30.4 Å². The molecule has 1 amide bonds. The summed E-state index contributed by atoms with van der Waals surface area (Å²) in [4.78, 5) is 50.3. The Morgan fingerprint density at radius 3 is 1.40 bits per heavy atom. The minimum absolute atomic E-state index is 0.0684. The van der Waals surface area contributed by atoms with Crippen LogP contribution in [0.2, 0.25) is 0 Å². The van der Waals surface area contributed by atoms with Crippen LogP contribution in [-0.2, 0) is 33.4 Å². The van der Waals surface area contributed by atoms with Crippen LogP contribution in [-0.4, -0.2) is 77.9 Å². The molecule has 0 unspecified atom stereocenters. The quantitative estimate of drug-likeness (QED) is 0.0311. The molecule has 4 N–H and O–H groups in total. The zero-order valence-corrected chi connectivity index (χ0v) is 36.8. The second kappa shape index (κ2) is 36.5. The van der Waals surface area contributed by atoms with Gasteiger partial charge in [-0.3, -0.25) is 14.4 Å². The number of amides is 1. The standard InChI is InChI=1S/C44H84N2O8S/c1-6-8-10-12-14-16-18-20-22-24-26-28-30-32-39(48)53-35-37(36-55-44(3,4)41(45)42(50)46-38(34-47)43(51)52-5)54-40(49)33-31-29-27-25-23-21-19-17-15-13-11-9-7-2/h37-38,41,47H,6-36,45H2,1-5H3,(H,46,50)/t37-,38+,41+/m1/s1. The van der Waals surface area contributed by atoms with Gasteiger partial charge in [-0.1, -0.05) is 168 Å². The van der Waals surface area contributed by atoms with E-state index in [9.17, 15) is 24.3 Å². The minimum Gasteiger partial charge on any atom is -0.467 e. The Kier molecular flexibility index (Phi) is 35.3. The van der Waals surface area contributed by atoms with Gasteiger partial charge in [-0.05, 0) is 26.7 Å². The van der Waals surface area contributed by atoms with Crippen LogP contribution in [0.15, 0.2) is 0 Å². The molecule has 55 heavy (non-hydrogen) atoms. The van der Waals surface area contributed by atoms with Crippen molar-refractivity contribution in [2.45, 2.75) is 230 Å². The largest absolute Gasteiger partial charge is 0.467 e. The summed E-state index contributed by atoms with van der Waals surface area (Å²) in [7, 11) is 1.17. The van der Waals surface area contributed by atoms with Crippen molar-refractivity contribution < 1.29 is 38.5 Å². The van der Waals surface area contributed by atoms with E-state index >= 15 is 0 Å². The lowest BCUT2D eigenvalue weighted by atomic mass is 10.0. The van der Waals surface area contributed by atoms with Gasteiger partial charge in [0.2, 0.25) is 5.91 Å². The van der Waals surface area contributed by atoms with E-state index in [2.05, 4.69) is 23.9 Å². The fourth-order valence-electron chi connectivity index (χ4n) is 6.49. The molecule has 0 rings (SSSR count). The van der Waals surface area contributed by atoms with Gasteiger partial charge in [-0.25, -0.2) is 4.79 Å². The molecule has 3 atom stereocenters. The van der Waals surface area contributed by atoms with Gasteiger partial charge in [0.05, 0.1) is 19.8 Å². The summed E-state index contributed by atoms with van der Waals surface area (Å²) >= 11 is 1.32. The Balaban J connectivity index is 4.74. The first kappa shape index (κ1) is 53.1. The van der Waals surface area contributed by atoms with Gasteiger partial charge in [0.1, 0.15) is 12.7 Å². The van der Waals surface area contributed by atoms with Crippen molar-refractivity contribution in [3.63, 3.8) is 0 Å². The third kappa shape index (κ3) is 30.9. The average Bonchev–Trinajstić information content (AvgIpc) is 3.17. The van der Waals surface area contributed by atoms with Crippen molar-refractivity contribution in [3.05, 3.63) is 0 Å². The molecule has 0 heterocycles. The van der Waals surface area contributed by atoms with Crippen LogP contribution in [0.3, 0.4) is 0 Å². The van der Waals surface area contributed by atoms with Crippen molar-refractivity contribution >= 4 is 35.6 Å². The number of carbonyl (C=O) groups excluding carboxylic acids is 4. The van der Waals surface area contributed by atoms with Crippen molar-refractivity contribution in [2.75, 3.05) is 26.1 Å². The van der Waals surface area contributed by atoms with Crippen LogP contribution < -0.4 is 11.1 Å². The molecule has 0 spiro atoms. The number of unbranched alkanes of at least 4 members (excludes halogenated alkanes) is 24. The lowest BCUT2D eigenvalue weighted by Crippen LogP contribution is -2.56. The van der Waals surface area contributed by atoms with E-state index in [0.717, 1.165) is 38.5 Å². The van der Waals surface area contributed by atoms with Crippen LogP contribution in [0, 0.1) is 0 Å². The monoisotopic (exact) mass is 801 g/mol. The summed E-state index contributed by atoms with van der Waals surface area (Å²) in [6.07, 6.45) is 31.8. The number of carbonyl (C=O) groups is 4. The first-order chi connectivity index (χ1) is 26.5. The van der Waals surface area contributed by atoms with Crippen LogP contribution in [0.5, 0.6) is 0 Å². The SMILES string of the molecule is CCCCCCCCCCCCCCCC(=O)OC[C@H](CSC(C)(C)[C@@H](N)C(=O)N[C@@H](CO)C(=O)OC)OC(=O)CCCCCCCCCCCCCCC. The number of hydrogen-bond donors (Lipinski definition) is 3. The van der Waals surface area contributed by atoms with Gasteiger partial charge >= 0.3 is 17.9 Å². The highest BCUT2D eigenvalue weighted by atomic mass is 32.2. The average molecular weight is 801 g/mol. The number of nitrogens with one attached hydrogen (secondary N) is 1. The number of aliphatic hydroxyl groups excluding tert-OH is 1. The maximum Gasteiger partial charge on any atom is 0.330 e. The molecule has 0 saturated carbocycles. The van der Waals surface area contributed by atoms with Gasteiger partial charge in [0, 0.05) is 23.3 Å². The Bertz CT molecular complexity index is 966. The van der Waals surface area contributed by atoms with E-state index in [1.165, 1.54) is 147 Å². The lowest BCUT2D eigenvalue weighted by Gasteiger charge is -2.32. The van der Waals surface area contributed by atoms with E-state index in [0.29, 0.717) is 12.8 Å². The topological polar surface area (TPSA) is 154 Å². The molecule has 11 heteroatoms. The number of thioether (sulfide) groups is 1. The normalized spacial score (nSPS) is 13.2. The highest BCUT2D eigenvalue weighted by Crippen LogP contribution is 2.29. The zero-order chi connectivity index (χ0) is 41.0. The summed E-state index contributed by atoms with van der Waals surface area (Å²) in [5, 5.41) is 11.9. The third-order valence-corrected chi connectivity index (χ3v) is 11.9. The number of aliphatic hydroxyl groups is 1. The first-order valence-corrected chi connectivity index (χ1v) is 23.2. The highest BCUT2D eigenvalue weighted by Gasteiger charge is 2.36. The van der Waals surface area contributed by atoms with E-state index < -0.39 is 41.4 Å². The molecule has 324 valence electrons. The summed E-state index contributed by atoms with van der Waals surface area (Å²) in [6, 6.07) is -2.28. The van der Waals surface area contributed by atoms with E-state index in [4.69, 9.17) is 15.2 Å². The van der Waals surface area contributed by atoms with E-state index in [-0.39, 0.29) is 24.3 Å². The maximum absolute atomic E-state index is 12.9. The zero-order valence-electron chi connectivity index (χ0n) is 35.9. The minimum atomic E-state index is -1.22. The second-order valence-electron chi connectivity index (χ2n) is 15.9. The first-order valence-electron chi connectivity index (χ1n) is 22.3. The molecule has 0 bridgehead atoms. The van der Waals surface area contributed by atoms with Crippen molar-refractivity contribution in [1.82, 2.24) is 5.32 Å². The highest BCUT2D eigenvalue weighted by molar-refractivity contribution is 8.00. The summed E-state index contributed by atoms with van der Waals surface area (Å²) in [6.45, 7) is 7.36. The van der Waals surface area contributed by atoms with Crippen molar-refractivity contribution in [2.24, 2.45) is 5.73 Å². The fourth-order valence-corrected chi connectivity index (χ4v) is 7.56. The fraction of sp³-hybridized carbons (Fsp3) is 0.909. The van der Waals surface area contributed by atoms with Crippen LogP contribution in [0.25, 0.3) is 0 Å². The predicted molar refractivity (Wildman–Crippen MR) is 227 cm³/mol.